The van der Waals surface area contributed by atoms with Gasteiger partial charge >= 0.3 is 6.18 Å². The van der Waals surface area contributed by atoms with Crippen LogP contribution in [0.15, 0.2) is 41.3 Å². The lowest BCUT2D eigenvalue weighted by Gasteiger charge is -2.27. The van der Waals surface area contributed by atoms with Crippen LogP contribution in [0.1, 0.15) is 36.9 Å². The van der Waals surface area contributed by atoms with Gasteiger partial charge in [-0.3, -0.25) is 14.8 Å². The van der Waals surface area contributed by atoms with E-state index < -0.39 is 12.2 Å². The van der Waals surface area contributed by atoms with E-state index in [0.717, 1.165) is 12.8 Å². The third-order valence-electron chi connectivity index (χ3n) is 6.25. The van der Waals surface area contributed by atoms with Crippen molar-refractivity contribution in [2.24, 2.45) is 5.92 Å². The van der Waals surface area contributed by atoms with Crippen molar-refractivity contribution in [2.75, 3.05) is 18.5 Å². The summed E-state index contributed by atoms with van der Waals surface area (Å²) >= 11 is 0. The van der Waals surface area contributed by atoms with E-state index in [0.29, 0.717) is 36.2 Å². The minimum Gasteiger partial charge on any atom is -0.379 e. The van der Waals surface area contributed by atoms with E-state index in [9.17, 15) is 23.2 Å². The highest BCUT2D eigenvalue weighted by Gasteiger charge is 2.43. The largest absolute Gasteiger partial charge is 0.407 e. The summed E-state index contributed by atoms with van der Waals surface area (Å²) in [5.74, 6) is -0.0584. The zero-order valence-corrected chi connectivity index (χ0v) is 18.1. The lowest BCUT2D eigenvalue weighted by molar-refractivity contribution is -0.158. The second-order valence-electron chi connectivity index (χ2n) is 8.69. The molecule has 2 aliphatic rings. The third kappa shape index (κ3) is 4.38. The van der Waals surface area contributed by atoms with E-state index in [1.54, 1.807) is 10.7 Å². The molecule has 11 heteroatoms. The predicted molar refractivity (Wildman–Crippen MR) is 119 cm³/mol. The zero-order valence-electron chi connectivity index (χ0n) is 18.1. The zero-order chi connectivity index (χ0) is 23.9. The van der Waals surface area contributed by atoms with E-state index in [1.165, 1.54) is 30.5 Å². The van der Waals surface area contributed by atoms with Crippen LogP contribution in [0.4, 0.5) is 24.7 Å². The Labute approximate surface area is 192 Å². The van der Waals surface area contributed by atoms with Crippen molar-refractivity contribution in [3.63, 3.8) is 0 Å². The first-order valence-electron chi connectivity index (χ1n) is 11.1. The highest BCUT2D eigenvalue weighted by Crippen LogP contribution is 2.37. The van der Waals surface area contributed by atoms with Crippen LogP contribution in [-0.2, 0) is 4.74 Å². The van der Waals surface area contributed by atoms with Gasteiger partial charge in [0, 0.05) is 24.5 Å². The maximum absolute atomic E-state index is 13.5. The summed E-state index contributed by atoms with van der Waals surface area (Å²) in [5, 5.41) is 20.2. The number of anilines is 2. The number of hydrogen-bond donors (Lipinski definition) is 3. The van der Waals surface area contributed by atoms with E-state index in [-0.39, 0.29) is 34.9 Å². The first kappa shape index (κ1) is 22.4. The van der Waals surface area contributed by atoms with Gasteiger partial charge in [0.25, 0.3) is 5.56 Å². The number of H-pyrrole nitrogens is 1. The topological polar surface area (TPSA) is 108 Å². The number of hydrogen-bond acceptors (Lipinski definition) is 6. The lowest BCUT2D eigenvalue weighted by Crippen LogP contribution is -2.35. The fourth-order valence-electron chi connectivity index (χ4n) is 4.32. The monoisotopic (exact) mass is 472 g/mol. The molecular weight excluding hydrogens is 449 g/mol. The van der Waals surface area contributed by atoms with Gasteiger partial charge < -0.3 is 15.0 Å². The Morgan fingerprint density at radius 3 is 2.65 bits per heavy atom. The minimum absolute atomic E-state index is 0.104. The molecule has 3 heterocycles. The quantitative estimate of drug-likeness (QED) is 0.502. The Morgan fingerprint density at radius 1 is 1.21 bits per heavy atom. The highest BCUT2D eigenvalue weighted by atomic mass is 19.4. The summed E-state index contributed by atoms with van der Waals surface area (Å²) in [6, 6.07) is 7.71. The summed E-state index contributed by atoms with van der Waals surface area (Å²) in [6.07, 6.45) is -0.842. The normalized spacial score (nSPS) is 21.8. The molecule has 1 aliphatic carbocycles. The molecular formula is C23H23F3N6O2. The average molecular weight is 472 g/mol. The summed E-state index contributed by atoms with van der Waals surface area (Å²) in [4.78, 5) is 15.2. The van der Waals surface area contributed by atoms with Gasteiger partial charge in [0.15, 0.2) is 5.82 Å². The Balaban J connectivity index is 1.46. The average Bonchev–Trinajstić information content (AvgIpc) is 3.57. The van der Waals surface area contributed by atoms with Gasteiger partial charge in [-0.05, 0) is 43.0 Å². The van der Waals surface area contributed by atoms with Crippen LogP contribution in [0.2, 0.25) is 0 Å². The number of halogens is 3. The van der Waals surface area contributed by atoms with E-state index in [2.05, 4.69) is 26.8 Å². The van der Waals surface area contributed by atoms with E-state index in [1.807, 2.05) is 0 Å². The van der Waals surface area contributed by atoms with Gasteiger partial charge in [-0.25, -0.2) is 0 Å². The second-order valence-corrected chi connectivity index (χ2v) is 8.69. The number of benzene rings is 1. The number of rotatable bonds is 6. The first-order valence-corrected chi connectivity index (χ1v) is 11.1. The molecule has 3 aromatic rings. The molecule has 3 N–H and O–H groups in total. The third-order valence-corrected chi connectivity index (χ3v) is 6.25. The van der Waals surface area contributed by atoms with Gasteiger partial charge in [0.2, 0.25) is 0 Å². The molecule has 3 unspecified atom stereocenters. The molecule has 1 aromatic carbocycles. The van der Waals surface area contributed by atoms with Crippen LogP contribution in [0.3, 0.4) is 0 Å². The molecule has 1 aliphatic heterocycles. The smallest absolute Gasteiger partial charge is 0.379 e. The molecule has 0 amide bonds. The Kier molecular flexibility index (Phi) is 5.79. The van der Waals surface area contributed by atoms with E-state index in [4.69, 9.17) is 4.74 Å². The summed E-state index contributed by atoms with van der Waals surface area (Å²) < 4.78 is 47.8. The van der Waals surface area contributed by atoms with Crippen molar-refractivity contribution in [1.82, 2.24) is 20.1 Å². The summed E-state index contributed by atoms with van der Waals surface area (Å²) in [6.45, 7) is 0.781. The van der Waals surface area contributed by atoms with Crippen LogP contribution < -0.4 is 16.2 Å². The van der Waals surface area contributed by atoms with Gasteiger partial charge in [0.1, 0.15) is 11.4 Å². The van der Waals surface area contributed by atoms with Gasteiger partial charge in [-0.15, -0.1) is 0 Å². The predicted octanol–water partition coefficient (Wildman–Crippen LogP) is 3.92. The molecule has 178 valence electrons. The number of alkyl halides is 3. The van der Waals surface area contributed by atoms with Crippen molar-refractivity contribution >= 4 is 22.4 Å². The van der Waals surface area contributed by atoms with Gasteiger partial charge in [0.05, 0.1) is 30.2 Å². The number of aromatic amines is 1. The standard InChI is InChI=1S/C23H23F3N6O2/c24-23(25,26)20(29-15-5-6-15)13-1-3-16(4-2-13)30-21-19-17(7-9-28-22(19)33)32(31-21)18-12-34-10-8-14(18)11-27/h1-4,7,9,14-15,18,20,29H,5-6,8,10,12H2,(H,28,33)(H,30,31). The van der Waals surface area contributed by atoms with E-state index >= 15 is 0 Å². The number of fused-ring (bicyclic) bond motifs is 1. The van der Waals surface area contributed by atoms with Crippen LogP contribution in [0.5, 0.6) is 0 Å². The van der Waals surface area contributed by atoms with Crippen LogP contribution in [0, 0.1) is 17.2 Å². The number of nitrogens with zero attached hydrogens (tertiary/aromatic N) is 3. The van der Waals surface area contributed by atoms with Gasteiger partial charge in [-0.1, -0.05) is 12.1 Å². The summed E-state index contributed by atoms with van der Waals surface area (Å²) in [5.41, 5.74) is 0.792. The molecule has 0 radical (unpaired) electrons. The molecule has 1 saturated carbocycles. The number of pyridine rings is 1. The molecule has 8 nitrogen and oxygen atoms in total. The van der Waals surface area contributed by atoms with Crippen molar-refractivity contribution in [1.29, 1.82) is 5.26 Å². The Hall–Kier alpha value is -3.36. The van der Waals surface area contributed by atoms with Crippen LogP contribution >= 0.6 is 0 Å². The molecule has 1 saturated heterocycles. The molecule has 0 bridgehead atoms. The number of nitrogens with one attached hydrogen (secondary N) is 3. The molecule has 2 aromatic heterocycles. The Bertz CT molecular complexity index is 1270. The number of ether oxygens (including phenoxy) is 1. The highest BCUT2D eigenvalue weighted by molar-refractivity contribution is 5.91. The summed E-state index contributed by atoms with van der Waals surface area (Å²) in [7, 11) is 0. The Morgan fingerprint density at radius 2 is 1.97 bits per heavy atom. The fourth-order valence-corrected chi connectivity index (χ4v) is 4.32. The molecule has 3 atom stereocenters. The van der Waals surface area contributed by atoms with Crippen molar-refractivity contribution in [2.45, 2.75) is 43.6 Å². The maximum Gasteiger partial charge on any atom is 0.407 e. The maximum atomic E-state index is 13.5. The van der Waals surface area contributed by atoms with Gasteiger partial charge in [-0.2, -0.15) is 23.5 Å². The second kappa shape index (κ2) is 8.77. The molecule has 2 fully saturated rings. The molecule has 34 heavy (non-hydrogen) atoms. The number of aromatic nitrogens is 3. The van der Waals surface area contributed by atoms with Crippen LogP contribution in [-0.4, -0.2) is 40.2 Å². The molecule has 0 spiro atoms. The first-order chi connectivity index (χ1) is 16.3. The van der Waals surface area contributed by atoms with Crippen molar-refractivity contribution in [3.8, 4) is 6.07 Å². The lowest BCUT2D eigenvalue weighted by atomic mass is 9.96. The van der Waals surface area contributed by atoms with Crippen molar-refractivity contribution in [3.05, 3.63) is 52.4 Å². The number of nitriles is 1. The minimum atomic E-state index is -4.40. The van der Waals surface area contributed by atoms with Crippen molar-refractivity contribution < 1.29 is 17.9 Å². The fraction of sp³-hybridized carbons (Fsp3) is 0.435. The molecule has 5 rings (SSSR count). The van der Waals surface area contributed by atoms with Crippen LogP contribution in [0.25, 0.3) is 10.9 Å². The SMILES string of the molecule is N#CC1CCOCC1n1nc(Nc2ccc(C(NC3CC3)C(F)(F)F)cc2)c2c(=O)[nH]ccc21.